The first kappa shape index (κ1) is 15.4. The van der Waals surface area contributed by atoms with Gasteiger partial charge in [0.05, 0.1) is 0 Å². The van der Waals surface area contributed by atoms with Crippen molar-refractivity contribution in [2.45, 2.75) is 6.54 Å². The Morgan fingerprint density at radius 1 is 1.18 bits per heavy atom. The van der Waals surface area contributed by atoms with E-state index in [9.17, 15) is 5.11 Å². The maximum atomic E-state index is 9.89. The van der Waals surface area contributed by atoms with Gasteiger partial charge < -0.3 is 10.0 Å². The molecule has 0 amide bonds. The summed E-state index contributed by atoms with van der Waals surface area (Å²) in [6.07, 6.45) is 0. The quantitative estimate of drug-likeness (QED) is 0.675. The van der Waals surface area contributed by atoms with Gasteiger partial charge in [-0.3, -0.25) is 0 Å². The molecule has 87 valence electrons. The Bertz CT molecular complexity index is 528. The van der Waals surface area contributed by atoms with Gasteiger partial charge in [-0.1, -0.05) is 28.1 Å². The van der Waals surface area contributed by atoms with Crippen molar-refractivity contribution in [1.82, 2.24) is 4.90 Å². The fourth-order valence-corrected chi connectivity index (χ4v) is 2.21. The van der Waals surface area contributed by atoms with Crippen LogP contribution < -0.4 is 0 Å². The van der Waals surface area contributed by atoms with Gasteiger partial charge >= 0.3 is 0 Å². The van der Waals surface area contributed by atoms with Gasteiger partial charge in [0.25, 0.3) is 0 Å². The normalized spacial score (nSPS) is 10.6. The average molecular weight is 507 g/mol. The first-order valence-corrected chi connectivity index (χ1v) is 5.92. The second-order valence-electron chi connectivity index (χ2n) is 4.17. The molecule has 0 aliphatic carbocycles. The molecule has 0 atom stereocenters. The summed E-state index contributed by atoms with van der Waals surface area (Å²) in [7, 11) is 3.99. The summed E-state index contributed by atoms with van der Waals surface area (Å²) >= 11 is 3.45. The van der Waals surface area contributed by atoms with Gasteiger partial charge in [-0.05, 0) is 43.1 Å². The van der Waals surface area contributed by atoms with Crippen LogP contribution in [0.1, 0.15) is 5.56 Å². The molecule has 2 nitrogen and oxygen atoms in total. The number of nitrogens with zero attached hydrogens (tertiary/aromatic N) is 1. The fraction of sp³-hybridized carbons (Fsp3) is 0.231. The molecule has 0 saturated heterocycles. The molecule has 0 fully saturated rings. The molecule has 4 heteroatoms. The van der Waals surface area contributed by atoms with E-state index in [1.165, 1.54) is 0 Å². The standard InChI is InChI=1S/C13H14BrNO.Ac/c1-15(2)8-12-11-5-4-10(14)7-9(11)3-6-13(12)16;/h3-7,16H,8H2,1-2H3;. The first-order chi connectivity index (χ1) is 7.58. The molecule has 2 rings (SSSR count). The molecule has 2 aromatic rings. The van der Waals surface area contributed by atoms with Crippen LogP contribution in [-0.4, -0.2) is 24.1 Å². The molecule has 0 unspecified atom stereocenters. The van der Waals surface area contributed by atoms with E-state index in [2.05, 4.69) is 26.9 Å². The molecule has 17 heavy (non-hydrogen) atoms. The summed E-state index contributed by atoms with van der Waals surface area (Å²) in [6, 6.07) is 9.80. The van der Waals surface area contributed by atoms with E-state index in [4.69, 9.17) is 0 Å². The van der Waals surface area contributed by atoms with Crippen LogP contribution in [0.2, 0.25) is 0 Å². The zero-order valence-corrected chi connectivity index (χ0v) is 16.3. The minimum atomic E-state index is 0. The molecule has 0 aromatic heterocycles. The predicted octanol–water partition coefficient (Wildman–Crippen LogP) is 3.37. The maximum absolute atomic E-state index is 9.89. The summed E-state index contributed by atoms with van der Waals surface area (Å²) in [4.78, 5) is 2.05. The Hall–Kier alpha value is 0.382. The van der Waals surface area contributed by atoms with Crippen LogP contribution in [-0.2, 0) is 6.54 Å². The smallest absolute Gasteiger partial charge is 0.120 e. The van der Waals surface area contributed by atoms with Crippen molar-refractivity contribution in [3.63, 3.8) is 0 Å². The monoisotopic (exact) mass is 506 g/mol. The number of hydrogen-bond donors (Lipinski definition) is 1. The van der Waals surface area contributed by atoms with E-state index in [0.717, 1.165) is 27.4 Å². The van der Waals surface area contributed by atoms with Crippen LogP contribution in [0.5, 0.6) is 5.75 Å². The largest absolute Gasteiger partial charge is 0.508 e. The van der Waals surface area contributed by atoms with E-state index in [0.29, 0.717) is 5.75 Å². The van der Waals surface area contributed by atoms with Crippen LogP contribution >= 0.6 is 15.9 Å². The predicted molar refractivity (Wildman–Crippen MR) is 70.7 cm³/mol. The van der Waals surface area contributed by atoms with E-state index >= 15 is 0 Å². The minimum Gasteiger partial charge on any atom is -0.508 e. The van der Waals surface area contributed by atoms with E-state index in [-0.39, 0.29) is 44.1 Å². The van der Waals surface area contributed by atoms with Crippen molar-refractivity contribution in [3.8, 4) is 5.75 Å². The van der Waals surface area contributed by atoms with Crippen molar-refractivity contribution in [1.29, 1.82) is 0 Å². The van der Waals surface area contributed by atoms with E-state index < -0.39 is 0 Å². The molecule has 1 N–H and O–H groups in total. The number of hydrogen-bond acceptors (Lipinski definition) is 2. The topological polar surface area (TPSA) is 23.5 Å². The van der Waals surface area contributed by atoms with Gasteiger partial charge in [0, 0.05) is 60.6 Å². The number of aromatic hydroxyl groups is 1. The molecule has 0 heterocycles. The van der Waals surface area contributed by atoms with Crippen molar-refractivity contribution >= 4 is 26.7 Å². The molecule has 0 spiro atoms. The second-order valence-corrected chi connectivity index (χ2v) is 5.08. The van der Waals surface area contributed by atoms with Crippen LogP contribution in [0, 0.1) is 44.1 Å². The van der Waals surface area contributed by atoms with Crippen molar-refractivity contribution in [2.24, 2.45) is 0 Å². The zero-order chi connectivity index (χ0) is 11.7. The summed E-state index contributed by atoms with van der Waals surface area (Å²) in [5, 5.41) is 12.1. The summed E-state index contributed by atoms with van der Waals surface area (Å²) < 4.78 is 1.06. The van der Waals surface area contributed by atoms with Gasteiger partial charge in [0.15, 0.2) is 0 Å². The molecular formula is C13H14AcBrNO. The van der Waals surface area contributed by atoms with Gasteiger partial charge in [0.1, 0.15) is 5.75 Å². The number of benzene rings is 2. The molecule has 0 bridgehead atoms. The Morgan fingerprint density at radius 2 is 1.88 bits per heavy atom. The average Bonchev–Trinajstić information content (AvgIpc) is 2.22. The van der Waals surface area contributed by atoms with Crippen molar-refractivity contribution in [3.05, 3.63) is 40.4 Å². The van der Waals surface area contributed by atoms with Crippen LogP contribution in [0.25, 0.3) is 10.8 Å². The van der Waals surface area contributed by atoms with Crippen molar-refractivity contribution in [2.75, 3.05) is 14.1 Å². The summed E-state index contributed by atoms with van der Waals surface area (Å²) in [5.74, 6) is 0.364. The molecule has 2 aromatic carbocycles. The van der Waals surface area contributed by atoms with Gasteiger partial charge in [-0.25, -0.2) is 0 Å². The fourth-order valence-electron chi connectivity index (χ4n) is 1.84. The SMILES string of the molecule is CN(C)Cc1c(O)ccc2cc(Br)ccc12.[Ac]. The number of halogens is 1. The Balaban J connectivity index is 0.00000144. The van der Waals surface area contributed by atoms with Gasteiger partial charge in [0.2, 0.25) is 0 Å². The number of fused-ring (bicyclic) bond motifs is 1. The van der Waals surface area contributed by atoms with Gasteiger partial charge in [-0.15, -0.1) is 0 Å². The first-order valence-electron chi connectivity index (χ1n) is 5.13. The molecule has 0 saturated carbocycles. The van der Waals surface area contributed by atoms with Crippen LogP contribution in [0.4, 0.5) is 0 Å². The molecular weight excluding hydrogens is 493 g/mol. The third-order valence-electron chi connectivity index (χ3n) is 2.54. The third-order valence-corrected chi connectivity index (χ3v) is 3.04. The number of phenolic OH excluding ortho intramolecular Hbond substituents is 1. The van der Waals surface area contributed by atoms with Crippen LogP contribution in [0.15, 0.2) is 34.8 Å². The van der Waals surface area contributed by atoms with E-state index in [1.54, 1.807) is 6.07 Å². The zero-order valence-electron chi connectivity index (χ0n) is 9.94. The second kappa shape index (κ2) is 6.52. The summed E-state index contributed by atoms with van der Waals surface area (Å²) in [5.41, 5.74) is 0.981. The Morgan fingerprint density at radius 3 is 2.53 bits per heavy atom. The third kappa shape index (κ3) is 3.67. The van der Waals surface area contributed by atoms with E-state index in [1.807, 2.05) is 32.3 Å². The molecule has 0 aliphatic rings. The number of rotatable bonds is 2. The molecule has 1 radical (unpaired) electrons. The Labute approximate surface area is 146 Å². The minimum absolute atomic E-state index is 0. The molecule has 0 aliphatic heterocycles. The maximum Gasteiger partial charge on any atom is 0.120 e. The van der Waals surface area contributed by atoms with Gasteiger partial charge in [-0.2, -0.15) is 0 Å². The number of phenols is 1. The van der Waals surface area contributed by atoms with Crippen LogP contribution in [0.3, 0.4) is 0 Å². The van der Waals surface area contributed by atoms with Crippen molar-refractivity contribution < 1.29 is 49.2 Å². The Kier molecular flexibility index (Phi) is 5.92. The summed E-state index contributed by atoms with van der Waals surface area (Å²) in [6.45, 7) is 0.741.